The minimum atomic E-state index is 0.265. The topological polar surface area (TPSA) is 90.2 Å². The first-order valence-corrected chi connectivity index (χ1v) is 3.49. The van der Waals surface area contributed by atoms with Crippen LogP contribution in [0, 0.1) is 6.92 Å². The molecule has 0 aliphatic carbocycles. The highest BCUT2D eigenvalue weighted by molar-refractivity contribution is 5.99. The molecule has 0 atom stereocenters. The molecule has 0 saturated heterocycles. The van der Waals surface area contributed by atoms with Crippen molar-refractivity contribution in [3.8, 4) is 0 Å². The zero-order valence-corrected chi connectivity index (χ0v) is 7.07. The van der Waals surface area contributed by atoms with E-state index in [1.807, 2.05) is 6.92 Å². The van der Waals surface area contributed by atoms with Gasteiger partial charge in [0.05, 0.1) is 11.4 Å². The summed E-state index contributed by atoms with van der Waals surface area (Å²) in [5, 5.41) is 3.55. The highest BCUT2D eigenvalue weighted by atomic mass is 15.1. The van der Waals surface area contributed by atoms with Gasteiger partial charge < -0.3 is 11.6 Å². The van der Waals surface area contributed by atoms with Gasteiger partial charge in [0.1, 0.15) is 0 Å². The molecule has 1 aromatic rings. The Morgan fingerprint density at radius 1 is 1.58 bits per heavy atom. The molecule has 0 aliphatic rings. The van der Waals surface area contributed by atoms with Crippen LogP contribution >= 0.6 is 0 Å². The van der Waals surface area contributed by atoms with E-state index in [4.69, 9.17) is 11.6 Å². The standard InChI is InChI=1S/C7H11N5/c1-4-6(5(2)12-9)3-10-7(8)11-4/h3H,9H2,1-2H3,(H2,8,10,11)/b12-5+. The minimum absolute atomic E-state index is 0.265. The molecule has 0 spiro atoms. The zero-order chi connectivity index (χ0) is 9.14. The summed E-state index contributed by atoms with van der Waals surface area (Å²) < 4.78 is 0. The van der Waals surface area contributed by atoms with E-state index in [1.165, 1.54) is 0 Å². The Hall–Kier alpha value is -1.65. The lowest BCUT2D eigenvalue weighted by Gasteiger charge is -2.02. The van der Waals surface area contributed by atoms with E-state index in [2.05, 4.69) is 15.1 Å². The van der Waals surface area contributed by atoms with Gasteiger partial charge in [-0.05, 0) is 13.8 Å². The number of nitrogens with zero attached hydrogens (tertiary/aromatic N) is 3. The maximum absolute atomic E-state index is 5.38. The summed E-state index contributed by atoms with van der Waals surface area (Å²) in [4.78, 5) is 7.81. The van der Waals surface area contributed by atoms with Crippen molar-refractivity contribution in [3.63, 3.8) is 0 Å². The lowest BCUT2D eigenvalue weighted by atomic mass is 10.2. The number of hydrogen-bond donors (Lipinski definition) is 2. The maximum atomic E-state index is 5.38. The van der Waals surface area contributed by atoms with Gasteiger partial charge in [0.15, 0.2) is 0 Å². The van der Waals surface area contributed by atoms with Gasteiger partial charge >= 0.3 is 0 Å². The highest BCUT2D eigenvalue weighted by Crippen LogP contribution is 2.05. The maximum Gasteiger partial charge on any atom is 0.220 e. The molecule has 64 valence electrons. The Bertz CT molecular complexity index is 318. The lowest BCUT2D eigenvalue weighted by molar-refractivity contribution is 1.10. The molecule has 0 fully saturated rings. The molecule has 4 N–H and O–H groups in total. The molecule has 0 amide bonds. The first-order valence-electron chi connectivity index (χ1n) is 3.49. The third kappa shape index (κ3) is 1.50. The van der Waals surface area contributed by atoms with Gasteiger partial charge in [0.25, 0.3) is 0 Å². The molecule has 0 unspecified atom stereocenters. The van der Waals surface area contributed by atoms with Crippen LogP contribution in [0.1, 0.15) is 18.2 Å². The summed E-state index contributed by atoms with van der Waals surface area (Å²) in [6.45, 7) is 3.63. The second kappa shape index (κ2) is 3.17. The number of anilines is 1. The molecule has 12 heavy (non-hydrogen) atoms. The number of aromatic nitrogens is 2. The molecule has 5 nitrogen and oxygen atoms in total. The van der Waals surface area contributed by atoms with Crippen LogP contribution in [0.4, 0.5) is 5.95 Å². The molecular formula is C7H11N5. The highest BCUT2D eigenvalue weighted by Gasteiger charge is 2.03. The smallest absolute Gasteiger partial charge is 0.220 e. The van der Waals surface area contributed by atoms with Crippen molar-refractivity contribution in [3.05, 3.63) is 17.5 Å². The molecule has 0 aromatic carbocycles. The van der Waals surface area contributed by atoms with E-state index >= 15 is 0 Å². The fraction of sp³-hybridized carbons (Fsp3) is 0.286. The molecule has 0 aliphatic heterocycles. The van der Waals surface area contributed by atoms with Crippen LogP contribution in [0.5, 0.6) is 0 Å². The number of aryl methyl sites for hydroxylation is 1. The normalized spacial score (nSPS) is 11.7. The predicted octanol–water partition coefficient (Wildman–Crippen LogP) is 0.0499. The fourth-order valence-corrected chi connectivity index (χ4v) is 0.910. The van der Waals surface area contributed by atoms with Gasteiger partial charge in [0.2, 0.25) is 5.95 Å². The number of nitrogens with two attached hydrogens (primary N) is 2. The van der Waals surface area contributed by atoms with E-state index in [1.54, 1.807) is 13.1 Å². The third-order valence-corrected chi connectivity index (χ3v) is 1.58. The summed E-state index contributed by atoms with van der Waals surface area (Å²) in [5.74, 6) is 5.38. The van der Waals surface area contributed by atoms with Crippen LogP contribution in [0.2, 0.25) is 0 Å². The Morgan fingerprint density at radius 2 is 2.25 bits per heavy atom. The van der Waals surface area contributed by atoms with Crippen molar-refractivity contribution in [2.45, 2.75) is 13.8 Å². The molecule has 0 radical (unpaired) electrons. The summed E-state index contributed by atoms with van der Waals surface area (Å²) in [6.07, 6.45) is 1.61. The molecule has 0 bridgehead atoms. The van der Waals surface area contributed by atoms with Gasteiger partial charge in [-0.2, -0.15) is 5.10 Å². The van der Waals surface area contributed by atoms with Crippen molar-refractivity contribution in [2.24, 2.45) is 10.9 Å². The van der Waals surface area contributed by atoms with Crippen molar-refractivity contribution >= 4 is 11.7 Å². The van der Waals surface area contributed by atoms with E-state index in [0.29, 0.717) is 5.71 Å². The summed E-state index contributed by atoms with van der Waals surface area (Å²) in [6, 6.07) is 0. The number of hydrogen-bond acceptors (Lipinski definition) is 5. The van der Waals surface area contributed by atoms with E-state index in [0.717, 1.165) is 11.3 Å². The van der Waals surface area contributed by atoms with Gasteiger partial charge in [-0.25, -0.2) is 9.97 Å². The fourth-order valence-electron chi connectivity index (χ4n) is 0.910. The van der Waals surface area contributed by atoms with Crippen molar-refractivity contribution < 1.29 is 0 Å². The number of hydrazone groups is 1. The number of nitrogen functional groups attached to an aromatic ring is 1. The van der Waals surface area contributed by atoms with Gasteiger partial charge in [0, 0.05) is 11.8 Å². The molecule has 5 heteroatoms. The molecular weight excluding hydrogens is 154 g/mol. The monoisotopic (exact) mass is 165 g/mol. The average Bonchev–Trinajstić information content (AvgIpc) is 2.03. The van der Waals surface area contributed by atoms with E-state index in [9.17, 15) is 0 Å². The SMILES string of the molecule is C/C(=N\N)c1cnc(N)nc1C. The Balaban J connectivity index is 3.18. The molecule has 0 saturated carbocycles. The first-order chi connectivity index (χ1) is 5.65. The van der Waals surface area contributed by atoms with Crippen LogP contribution in [0.3, 0.4) is 0 Å². The summed E-state index contributed by atoms with van der Waals surface area (Å²) in [7, 11) is 0. The second-order valence-corrected chi connectivity index (χ2v) is 2.44. The Kier molecular flexibility index (Phi) is 2.23. The third-order valence-electron chi connectivity index (χ3n) is 1.58. The zero-order valence-electron chi connectivity index (χ0n) is 7.07. The molecule has 1 heterocycles. The van der Waals surface area contributed by atoms with Crippen LogP contribution < -0.4 is 11.6 Å². The Morgan fingerprint density at radius 3 is 2.75 bits per heavy atom. The van der Waals surface area contributed by atoms with Gasteiger partial charge in [-0.15, -0.1) is 0 Å². The largest absolute Gasteiger partial charge is 0.368 e. The van der Waals surface area contributed by atoms with Crippen molar-refractivity contribution in [1.82, 2.24) is 9.97 Å². The van der Waals surface area contributed by atoms with Gasteiger partial charge in [-0.1, -0.05) is 0 Å². The first kappa shape index (κ1) is 8.45. The summed E-state index contributed by atoms with van der Waals surface area (Å²) >= 11 is 0. The van der Waals surface area contributed by atoms with E-state index < -0.39 is 0 Å². The minimum Gasteiger partial charge on any atom is -0.368 e. The van der Waals surface area contributed by atoms with Crippen LogP contribution in [0.15, 0.2) is 11.3 Å². The van der Waals surface area contributed by atoms with Crippen molar-refractivity contribution in [1.29, 1.82) is 0 Å². The lowest BCUT2D eigenvalue weighted by Crippen LogP contribution is -2.06. The van der Waals surface area contributed by atoms with Gasteiger partial charge in [-0.3, -0.25) is 0 Å². The molecule has 1 rings (SSSR count). The van der Waals surface area contributed by atoms with Crippen molar-refractivity contribution in [2.75, 3.05) is 5.73 Å². The van der Waals surface area contributed by atoms with Crippen LogP contribution in [-0.2, 0) is 0 Å². The predicted molar refractivity (Wildman–Crippen MR) is 47.6 cm³/mol. The second-order valence-electron chi connectivity index (χ2n) is 2.44. The van der Waals surface area contributed by atoms with Crippen LogP contribution in [-0.4, -0.2) is 15.7 Å². The average molecular weight is 165 g/mol. The quantitative estimate of drug-likeness (QED) is 0.349. The number of rotatable bonds is 1. The Labute approximate surface area is 70.5 Å². The summed E-state index contributed by atoms with van der Waals surface area (Å²) in [5.41, 5.74) is 7.69. The van der Waals surface area contributed by atoms with Crippen LogP contribution in [0.25, 0.3) is 0 Å². The molecule has 1 aromatic heterocycles. The van der Waals surface area contributed by atoms with E-state index in [-0.39, 0.29) is 5.95 Å².